The first-order valence-electron chi connectivity index (χ1n) is 22.3. The van der Waals surface area contributed by atoms with Crippen molar-refractivity contribution in [3.05, 3.63) is 131 Å². The lowest BCUT2D eigenvalue weighted by molar-refractivity contribution is -0.159. The van der Waals surface area contributed by atoms with Crippen LogP contribution in [0.1, 0.15) is 113 Å². The highest BCUT2D eigenvalue weighted by Gasteiger charge is 2.32. The number of fused-ring (bicyclic) bond motifs is 1. The van der Waals surface area contributed by atoms with Crippen LogP contribution in [-0.4, -0.2) is 70.2 Å². The van der Waals surface area contributed by atoms with E-state index in [4.69, 9.17) is 25.8 Å². The van der Waals surface area contributed by atoms with Gasteiger partial charge in [-0.1, -0.05) is 92.2 Å². The van der Waals surface area contributed by atoms with E-state index in [-0.39, 0.29) is 37.2 Å². The molecule has 5 rings (SSSR count). The van der Waals surface area contributed by atoms with Crippen LogP contribution >= 0.6 is 11.6 Å². The van der Waals surface area contributed by atoms with Crippen molar-refractivity contribution in [3.8, 4) is 16.9 Å². The molecule has 0 bridgehead atoms. The molecule has 2 unspecified atom stereocenters. The number of para-hydroxylation sites is 1. The van der Waals surface area contributed by atoms with E-state index in [0.29, 0.717) is 42.3 Å². The van der Waals surface area contributed by atoms with Crippen molar-refractivity contribution in [2.45, 2.75) is 116 Å². The van der Waals surface area contributed by atoms with Gasteiger partial charge in [-0.2, -0.15) is 0 Å². The number of nitrogens with one attached hydrogen (secondary N) is 1. The van der Waals surface area contributed by atoms with Crippen LogP contribution in [0.2, 0.25) is 5.02 Å². The molecule has 12 heteroatoms. The molecule has 0 spiro atoms. The Hall–Kier alpha value is -5.49. The molecule has 0 aliphatic heterocycles. The van der Waals surface area contributed by atoms with Gasteiger partial charge in [-0.3, -0.25) is 9.59 Å². The van der Waals surface area contributed by atoms with Crippen molar-refractivity contribution in [1.29, 1.82) is 0 Å². The molecule has 0 radical (unpaired) electrons. The highest BCUT2D eigenvalue weighted by atomic mass is 35.5. The first-order valence-corrected chi connectivity index (χ1v) is 22.7. The molecule has 342 valence electrons. The maximum Gasteiger partial charge on any atom is 0.349 e. The normalized spacial score (nSPS) is 12.7. The molecule has 0 aliphatic rings. The van der Waals surface area contributed by atoms with Crippen LogP contribution in [0.15, 0.2) is 103 Å². The van der Waals surface area contributed by atoms with Crippen molar-refractivity contribution < 1.29 is 43.2 Å². The van der Waals surface area contributed by atoms with Gasteiger partial charge in [-0.15, -0.1) is 0 Å². The van der Waals surface area contributed by atoms with Gasteiger partial charge < -0.3 is 34.3 Å². The number of amides is 1. The fraction of sp³-hybridized carbons (Fsp3) is 0.404. The molecule has 5 aromatic rings. The average Bonchev–Trinajstić information content (AvgIpc) is 3.60. The summed E-state index contributed by atoms with van der Waals surface area (Å²) in [4.78, 5) is 37.5. The maximum absolute atomic E-state index is 13.8. The first-order chi connectivity index (χ1) is 30.7. The number of unbranched alkanes of at least 4 members (excludes halogenated alkanes) is 6. The van der Waals surface area contributed by atoms with Crippen LogP contribution in [0.4, 0.5) is 4.39 Å². The number of carbonyl (C=O) groups excluding carboxylic acids is 3. The molecule has 64 heavy (non-hydrogen) atoms. The Kier molecular flexibility index (Phi) is 19.0. The quantitative estimate of drug-likeness (QED) is 0.0389. The van der Waals surface area contributed by atoms with E-state index in [1.165, 1.54) is 12.1 Å². The minimum absolute atomic E-state index is 0.0304. The van der Waals surface area contributed by atoms with E-state index in [1.807, 2.05) is 42.5 Å². The highest BCUT2D eigenvalue weighted by Crippen LogP contribution is 2.38. The third-order valence-corrected chi connectivity index (χ3v) is 11.1. The lowest BCUT2D eigenvalue weighted by atomic mass is 10.0. The van der Waals surface area contributed by atoms with Crippen molar-refractivity contribution in [2.75, 3.05) is 19.8 Å². The molecule has 10 nitrogen and oxygen atoms in total. The second-order valence-electron chi connectivity index (χ2n) is 16.9. The summed E-state index contributed by atoms with van der Waals surface area (Å²) in [6, 6.07) is 28.6. The largest absolute Gasteiger partial charge is 0.476 e. The second-order valence-corrected chi connectivity index (χ2v) is 17.3. The molecule has 2 atom stereocenters. The standard InChI is InChI=1S/C52H62ClFN2O8/c1-36(2)56-46-15-11-10-14-45(46)49(38-20-24-41(54)25-21-38)47(56)29-26-42(57)34-43(58)35-48(59)62-32-12-8-6-5-7-9-13-33-63-51(61)52(3,4)64-44-27-16-37(17-28-44)30-31-55-50(60)39-18-22-40(53)23-19-39/h10-11,14-29,36,42-43,57-58H,5-9,12-13,30-35H2,1-4H3,(H,55,60)/b29-26+. The number of halogens is 2. The Morgan fingerprint density at radius 1 is 0.812 bits per heavy atom. The Labute approximate surface area is 381 Å². The van der Waals surface area contributed by atoms with E-state index in [2.05, 4.69) is 23.7 Å². The minimum Gasteiger partial charge on any atom is -0.476 e. The molecule has 4 aromatic carbocycles. The molecule has 1 amide bonds. The topological polar surface area (TPSA) is 136 Å². The summed E-state index contributed by atoms with van der Waals surface area (Å²) in [6.45, 7) is 8.57. The zero-order valence-corrected chi connectivity index (χ0v) is 38.1. The number of esters is 2. The molecule has 0 saturated carbocycles. The van der Waals surface area contributed by atoms with Gasteiger partial charge in [0, 0.05) is 51.8 Å². The smallest absolute Gasteiger partial charge is 0.349 e. The average molecular weight is 898 g/mol. The third kappa shape index (κ3) is 15.1. The Balaban J connectivity index is 0.905. The van der Waals surface area contributed by atoms with Gasteiger partial charge >= 0.3 is 11.9 Å². The molecule has 0 aliphatic carbocycles. The molecule has 0 saturated heterocycles. The van der Waals surface area contributed by atoms with Crippen molar-refractivity contribution in [1.82, 2.24) is 9.88 Å². The summed E-state index contributed by atoms with van der Waals surface area (Å²) >= 11 is 5.89. The summed E-state index contributed by atoms with van der Waals surface area (Å²) in [5.41, 5.74) is 4.06. The van der Waals surface area contributed by atoms with E-state index in [9.17, 15) is 29.0 Å². The monoisotopic (exact) mass is 896 g/mol. The second kappa shape index (κ2) is 24.5. The summed E-state index contributed by atoms with van der Waals surface area (Å²) in [5.74, 6) is -0.874. The Bertz CT molecular complexity index is 2290. The van der Waals surface area contributed by atoms with E-state index in [0.717, 1.165) is 71.8 Å². The number of aliphatic hydroxyl groups excluding tert-OH is 2. The van der Waals surface area contributed by atoms with Crippen LogP contribution in [-0.2, 0) is 25.5 Å². The van der Waals surface area contributed by atoms with Gasteiger partial charge in [0.25, 0.3) is 5.91 Å². The van der Waals surface area contributed by atoms with Crippen molar-refractivity contribution >= 4 is 46.4 Å². The molecular weight excluding hydrogens is 835 g/mol. The Morgan fingerprint density at radius 2 is 1.44 bits per heavy atom. The van der Waals surface area contributed by atoms with Gasteiger partial charge in [0.15, 0.2) is 5.60 Å². The highest BCUT2D eigenvalue weighted by molar-refractivity contribution is 6.30. The minimum atomic E-state index is -1.16. The summed E-state index contributed by atoms with van der Waals surface area (Å²) in [6.07, 6.45) is 8.03. The number of hydrogen-bond donors (Lipinski definition) is 3. The molecule has 0 fully saturated rings. The summed E-state index contributed by atoms with van der Waals surface area (Å²) < 4.78 is 32.8. The molecule has 1 aromatic heterocycles. The fourth-order valence-corrected chi connectivity index (χ4v) is 7.64. The lowest BCUT2D eigenvalue weighted by Gasteiger charge is -2.24. The predicted molar refractivity (Wildman–Crippen MR) is 251 cm³/mol. The van der Waals surface area contributed by atoms with Gasteiger partial charge in [-0.05, 0) is 119 Å². The number of nitrogens with zero attached hydrogens (tertiary/aromatic N) is 1. The number of benzene rings is 4. The van der Waals surface area contributed by atoms with Crippen molar-refractivity contribution in [3.63, 3.8) is 0 Å². The van der Waals surface area contributed by atoms with Gasteiger partial charge in [0.05, 0.1) is 31.8 Å². The van der Waals surface area contributed by atoms with Crippen molar-refractivity contribution in [2.24, 2.45) is 0 Å². The molecular formula is C52H62ClFN2O8. The zero-order valence-electron chi connectivity index (χ0n) is 37.4. The number of aromatic nitrogens is 1. The zero-order chi connectivity index (χ0) is 46.1. The predicted octanol–water partition coefficient (Wildman–Crippen LogP) is 10.8. The Morgan fingerprint density at radius 3 is 2.09 bits per heavy atom. The van der Waals surface area contributed by atoms with Gasteiger partial charge in [0.1, 0.15) is 11.6 Å². The van der Waals surface area contributed by atoms with Crippen LogP contribution in [0.5, 0.6) is 5.75 Å². The number of carbonyl (C=O) groups is 3. The van der Waals surface area contributed by atoms with Gasteiger partial charge in [0.2, 0.25) is 0 Å². The lowest BCUT2D eigenvalue weighted by Crippen LogP contribution is -2.39. The number of ether oxygens (including phenoxy) is 3. The number of aliphatic hydroxyl groups is 2. The third-order valence-electron chi connectivity index (χ3n) is 10.9. The SMILES string of the molecule is CC(C)n1c(/C=C/C(O)CC(O)CC(=O)OCCCCCCCCCOC(=O)C(C)(C)Oc2ccc(CCNC(=O)c3ccc(Cl)cc3)cc2)c(-c2ccc(F)cc2)c2ccccc21. The fourth-order valence-electron chi connectivity index (χ4n) is 7.51. The number of rotatable bonds is 25. The number of hydrogen-bond acceptors (Lipinski definition) is 8. The summed E-state index contributed by atoms with van der Waals surface area (Å²) in [5, 5.41) is 25.9. The van der Waals surface area contributed by atoms with Crippen LogP contribution < -0.4 is 10.1 Å². The van der Waals surface area contributed by atoms with E-state index >= 15 is 0 Å². The summed E-state index contributed by atoms with van der Waals surface area (Å²) in [7, 11) is 0. The molecule has 1 heterocycles. The van der Waals surface area contributed by atoms with Gasteiger partial charge in [-0.25, -0.2) is 9.18 Å². The van der Waals surface area contributed by atoms with E-state index in [1.54, 1.807) is 68.5 Å². The molecule has 3 N–H and O–H groups in total. The van der Waals surface area contributed by atoms with Crippen LogP contribution in [0, 0.1) is 5.82 Å². The maximum atomic E-state index is 13.8. The van der Waals surface area contributed by atoms with E-state index < -0.39 is 29.7 Å². The first kappa shape index (κ1) is 49.5. The van der Waals surface area contributed by atoms with Crippen LogP contribution in [0.3, 0.4) is 0 Å². The van der Waals surface area contributed by atoms with Crippen LogP contribution in [0.25, 0.3) is 28.1 Å².